The number of hydrogen-bond acceptors (Lipinski definition) is 4. The highest BCUT2D eigenvalue weighted by atomic mass is 16.3. The third-order valence-corrected chi connectivity index (χ3v) is 4.59. The maximum Gasteiger partial charge on any atom is 0.274 e. The molecule has 1 saturated heterocycles. The molecular formula is C16H23N5O2. The monoisotopic (exact) mass is 317 g/mol. The second-order valence-corrected chi connectivity index (χ2v) is 6.31. The molecule has 3 N–H and O–H groups in total. The average molecular weight is 317 g/mol. The summed E-state index contributed by atoms with van der Waals surface area (Å²) in [6.45, 7) is 6.76. The van der Waals surface area contributed by atoms with Crippen LogP contribution >= 0.6 is 0 Å². The number of aryl methyl sites for hydroxylation is 2. The molecule has 23 heavy (non-hydrogen) atoms. The minimum Gasteiger partial charge on any atom is -0.391 e. The van der Waals surface area contributed by atoms with E-state index in [2.05, 4.69) is 20.4 Å². The maximum atomic E-state index is 12.7. The number of aromatic amines is 2. The zero-order valence-electron chi connectivity index (χ0n) is 13.8. The van der Waals surface area contributed by atoms with Crippen LogP contribution in [0.4, 0.5) is 0 Å². The number of nitrogens with one attached hydrogen (secondary N) is 2. The van der Waals surface area contributed by atoms with Gasteiger partial charge in [-0.2, -0.15) is 10.2 Å². The average Bonchev–Trinajstić information content (AvgIpc) is 3.19. The quantitative estimate of drug-likeness (QED) is 0.783. The third kappa shape index (κ3) is 3.01. The normalized spacial score (nSPS) is 21.1. The Hall–Kier alpha value is -2.15. The Labute approximate surface area is 135 Å². The second-order valence-electron chi connectivity index (χ2n) is 6.31. The number of aliphatic hydroxyl groups is 1. The molecule has 0 aliphatic carbocycles. The van der Waals surface area contributed by atoms with E-state index in [1.54, 1.807) is 4.90 Å². The van der Waals surface area contributed by atoms with Gasteiger partial charge in [0.15, 0.2) is 5.69 Å². The molecule has 3 heterocycles. The topological polar surface area (TPSA) is 97.9 Å². The first-order valence-corrected chi connectivity index (χ1v) is 8.01. The van der Waals surface area contributed by atoms with Gasteiger partial charge in [0.1, 0.15) is 0 Å². The van der Waals surface area contributed by atoms with E-state index in [1.165, 1.54) is 0 Å². The van der Waals surface area contributed by atoms with Gasteiger partial charge in [-0.1, -0.05) is 6.92 Å². The molecule has 2 aromatic rings. The van der Waals surface area contributed by atoms with Crippen molar-refractivity contribution in [3.8, 4) is 0 Å². The van der Waals surface area contributed by atoms with Gasteiger partial charge < -0.3 is 10.0 Å². The summed E-state index contributed by atoms with van der Waals surface area (Å²) in [7, 11) is 0. The molecule has 1 fully saturated rings. The first kappa shape index (κ1) is 15.7. The van der Waals surface area contributed by atoms with Crippen LogP contribution in [0.1, 0.15) is 40.1 Å². The first-order valence-electron chi connectivity index (χ1n) is 8.01. The summed E-state index contributed by atoms with van der Waals surface area (Å²) in [5, 5.41) is 24.5. The van der Waals surface area contributed by atoms with E-state index in [1.807, 2.05) is 26.8 Å². The molecule has 0 radical (unpaired) electrons. The maximum absolute atomic E-state index is 12.7. The molecule has 7 heteroatoms. The number of likely N-dealkylation sites (tertiary alicyclic amines) is 1. The summed E-state index contributed by atoms with van der Waals surface area (Å²) in [6, 6.07) is 1.97. The van der Waals surface area contributed by atoms with Crippen LogP contribution < -0.4 is 0 Å². The van der Waals surface area contributed by atoms with E-state index in [9.17, 15) is 9.90 Å². The SMILES string of the molecule is CCc1[nH]nc(C(=O)N2CC(O)C(Cc3cc(C)[nH]n3)C2)c1C. The van der Waals surface area contributed by atoms with Gasteiger partial charge in [0.2, 0.25) is 0 Å². The number of β-amino-alcohol motifs (C(OH)–C–C–N with tert-alkyl or cyclic N) is 1. The Bertz CT molecular complexity index is 705. The van der Waals surface area contributed by atoms with Gasteiger partial charge in [-0.25, -0.2) is 0 Å². The lowest BCUT2D eigenvalue weighted by Gasteiger charge is -2.15. The third-order valence-electron chi connectivity index (χ3n) is 4.59. The van der Waals surface area contributed by atoms with Crippen LogP contribution in [0, 0.1) is 19.8 Å². The summed E-state index contributed by atoms with van der Waals surface area (Å²) >= 11 is 0. The van der Waals surface area contributed by atoms with Crippen molar-refractivity contribution < 1.29 is 9.90 Å². The zero-order valence-corrected chi connectivity index (χ0v) is 13.8. The fourth-order valence-corrected chi connectivity index (χ4v) is 3.20. The van der Waals surface area contributed by atoms with E-state index < -0.39 is 6.10 Å². The minimum absolute atomic E-state index is 0.00606. The molecule has 124 valence electrons. The zero-order chi connectivity index (χ0) is 16.6. The van der Waals surface area contributed by atoms with Crippen molar-refractivity contribution in [1.29, 1.82) is 0 Å². The smallest absolute Gasteiger partial charge is 0.274 e. The number of aromatic nitrogens is 4. The lowest BCUT2D eigenvalue weighted by molar-refractivity contribution is 0.0758. The van der Waals surface area contributed by atoms with Crippen LogP contribution in [0.2, 0.25) is 0 Å². The molecule has 3 rings (SSSR count). The summed E-state index contributed by atoms with van der Waals surface area (Å²) in [4.78, 5) is 14.3. The van der Waals surface area contributed by atoms with Gasteiger partial charge >= 0.3 is 0 Å². The highest BCUT2D eigenvalue weighted by molar-refractivity contribution is 5.94. The molecular weight excluding hydrogens is 294 g/mol. The van der Waals surface area contributed by atoms with Crippen LogP contribution in [-0.4, -0.2) is 55.5 Å². The summed E-state index contributed by atoms with van der Waals surface area (Å²) in [5.41, 5.74) is 4.27. The molecule has 0 spiro atoms. The predicted octanol–water partition coefficient (Wildman–Crippen LogP) is 0.988. The lowest BCUT2D eigenvalue weighted by atomic mass is 10.0. The number of carbonyl (C=O) groups is 1. The van der Waals surface area contributed by atoms with Crippen molar-refractivity contribution >= 4 is 5.91 Å². The largest absolute Gasteiger partial charge is 0.391 e. The number of aliphatic hydroxyl groups excluding tert-OH is 1. The Morgan fingerprint density at radius 3 is 2.74 bits per heavy atom. The van der Waals surface area contributed by atoms with Crippen LogP contribution in [0.15, 0.2) is 6.07 Å². The molecule has 7 nitrogen and oxygen atoms in total. The minimum atomic E-state index is -0.527. The molecule has 1 aliphatic rings. The Balaban J connectivity index is 1.70. The number of carbonyl (C=O) groups excluding carboxylic acids is 1. The summed E-state index contributed by atoms with van der Waals surface area (Å²) in [5.74, 6) is -0.107. The second kappa shape index (κ2) is 6.16. The van der Waals surface area contributed by atoms with Crippen LogP contribution in [0.5, 0.6) is 0 Å². The highest BCUT2D eigenvalue weighted by Gasteiger charge is 2.36. The van der Waals surface area contributed by atoms with Crippen LogP contribution in [0.25, 0.3) is 0 Å². The van der Waals surface area contributed by atoms with E-state index in [0.717, 1.165) is 29.1 Å². The van der Waals surface area contributed by atoms with Crippen molar-refractivity contribution in [2.45, 2.75) is 39.7 Å². The van der Waals surface area contributed by atoms with Crippen molar-refractivity contribution in [2.75, 3.05) is 13.1 Å². The number of rotatable bonds is 4. The number of nitrogens with zero attached hydrogens (tertiary/aromatic N) is 3. The van der Waals surface area contributed by atoms with Crippen molar-refractivity contribution in [3.05, 3.63) is 34.4 Å². The molecule has 2 unspecified atom stereocenters. The molecule has 1 amide bonds. The molecule has 0 aromatic carbocycles. The molecule has 2 aromatic heterocycles. The van der Waals surface area contributed by atoms with E-state index in [-0.39, 0.29) is 11.8 Å². The van der Waals surface area contributed by atoms with Gasteiger partial charge in [0.25, 0.3) is 5.91 Å². The van der Waals surface area contributed by atoms with Gasteiger partial charge in [-0.3, -0.25) is 15.0 Å². The van der Waals surface area contributed by atoms with E-state index in [0.29, 0.717) is 25.2 Å². The standard InChI is InChI=1S/C16H23N5O2/c1-4-13-10(3)15(20-19-13)16(23)21-7-11(14(22)8-21)6-12-5-9(2)17-18-12/h5,11,14,22H,4,6-8H2,1-3H3,(H,17,18)(H,19,20). The molecule has 2 atom stereocenters. The lowest BCUT2D eigenvalue weighted by Crippen LogP contribution is -2.30. The summed E-state index contributed by atoms with van der Waals surface area (Å²) in [6.07, 6.45) is 0.950. The van der Waals surface area contributed by atoms with Crippen LogP contribution in [-0.2, 0) is 12.8 Å². The van der Waals surface area contributed by atoms with Gasteiger partial charge in [-0.15, -0.1) is 0 Å². The number of amides is 1. The van der Waals surface area contributed by atoms with Gasteiger partial charge in [0, 0.05) is 36.0 Å². The van der Waals surface area contributed by atoms with Crippen molar-refractivity contribution in [3.63, 3.8) is 0 Å². The Morgan fingerprint density at radius 1 is 1.35 bits per heavy atom. The van der Waals surface area contributed by atoms with Gasteiger partial charge in [-0.05, 0) is 32.8 Å². The summed E-state index contributed by atoms with van der Waals surface area (Å²) < 4.78 is 0. The Morgan fingerprint density at radius 2 is 2.13 bits per heavy atom. The molecule has 0 saturated carbocycles. The van der Waals surface area contributed by atoms with Crippen LogP contribution in [0.3, 0.4) is 0 Å². The van der Waals surface area contributed by atoms with E-state index >= 15 is 0 Å². The fourth-order valence-electron chi connectivity index (χ4n) is 3.20. The highest BCUT2D eigenvalue weighted by Crippen LogP contribution is 2.23. The first-order chi connectivity index (χ1) is 11.0. The molecule has 0 bridgehead atoms. The number of hydrogen-bond donors (Lipinski definition) is 3. The van der Waals surface area contributed by atoms with Gasteiger partial charge in [0.05, 0.1) is 11.8 Å². The number of H-pyrrole nitrogens is 2. The predicted molar refractivity (Wildman–Crippen MR) is 85.1 cm³/mol. The van der Waals surface area contributed by atoms with Crippen molar-refractivity contribution in [1.82, 2.24) is 25.3 Å². The molecule has 1 aliphatic heterocycles. The van der Waals surface area contributed by atoms with E-state index in [4.69, 9.17) is 0 Å². The Kier molecular flexibility index (Phi) is 4.21. The van der Waals surface area contributed by atoms with Crippen molar-refractivity contribution in [2.24, 2.45) is 5.92 Å². The fraction of sp³-hybridized carbons (Fsp3) is 0.562.